The molecule has 0 aliphatic heterocycles. The van der Waals surface area contributed by atoms with E-state index in [0.29, 0.717) is 24.3 Å². The highest BCUT2D eigenvalue weighted by Gasteiger charge is 2.33. The summed E-state index contributed by atoms with van der Waals surface area (Å²) in [7, 11) is 1.58. The fraction of sp³-hybridized carbons (Fsp3) is 0.500. The van der Waals surface area contributed by atoms with Gasteiger partial charge in [0.25, 0.3) is 0 Å². The van der Waals surface area contributed by atoms with E-state index in [1.165, 1.54) is 0 Å². The molecule has 0 heterocycles. The predicted molar refractivity (Wildman–Crippen MR) is 79.6 cm³/mol. The molecule has 2 atom stereocenters. The standard InChI is InChI=1S/C16H21NO4/c1-21-12-9-7-11(8-10-12)17-15(16(19)20)13-5-3-2-4-6-14(13)18/h7-10,13,15,17H,2-6H2,1H3,(H,19,20)/t13-,15?/m0/s1. The summed E-state index contributed by atoms with van der Waals surface area (Å²) in [5.74, 6) is -0.669. The van der Waals surface area contributed by atoms with E-state index in [2.05, 4.69) is 5.32 Å². The molecule has 0 saturated heterocycles. The topological polar surface area (TPSA) is 75.6 Å². The summed E-state index contributed by atoms with van der Waals surface area (Å²) in [5.41, 5.74) is 0.681. The summed E-state index contributed by atoms with van der Waals surface area (Å²) in [6, 6.07) is 6.17. The monoisotopic (exact) mass is 291 g/mol. The number of ether oxygens (including phenoxy) is 1. The average molecular weight is 291 g/mol. The van der Waals surface area contributed by atoms with E-state index in [4.69, 9.17) is 4.74 Å². The summed E-state index contributed by atoms with van der Waals surface area (Å²) in [6.45, 7) is 0. The van der Waals surface area contributed by atoms with Crippen LogP contribution in [-0.2, 0) is 9.59 Å². The van der Waals surface area contributed by atoms with Crippen molar-refractivity contribution in [3.05, 3.63) is 24.3 Å². The van der Waals surface area contributed by atoms with Crippen molar-refractivity contribution < 1.29 is 19.4 Å². The van der Waals surface area contributed by atoms with Crippen LogP contribution in [0.1, 0.15) is 32.1 Å². The fourth-order valence-corrected chi connectivity index (χ4v) is 2.74. The predicted octanol–water partition coefficient (Wildman–Crippen LogP) is 2.71. The number of aliphatic carboxylic acids is 1. The van der Waals surface area contributed by atoms with Gasteiger partial charge in [-0.25, -0.2) is 4.79 Å². The van der Waals surface area contributed by atoms with Gasteiger partial charge in [0.05, 0.1) is 7.11 Å². The summed E-state index contributed by atoms with van der Waals surface area (Å²) >= 11 is 0. The Balaban J connectivity index is 2.13. The zero-order valence-electron chi connectivity index (χ0n) is 12.2. The van der Waals surface area contributed by atoms with Gasteiger partial charge >= 0.3 is 5.97 Å². The Hall–Kier alpha value is -2.04. The zero-order chi connectivity index (χ0) is 15.2. The Bertz CT molecular complexity index is 498. The quantitative estimate of drug-likeness (QED) is 0.816. The first-order valence-electron chi connectivity index (χ1n) is 7.28. The lowest BCUT2D eigenvalue weighted by Crippen LogP contribution is -2.40. The number of hydrogen-bond acceptors (Lipinski definition) is 4. The molecule has 0 spiro atoms. The van der Waals surface area contributed by atoms with Crippen molar-refractivity contribution in [3.63, 3.8) is 0 Å². The zero-order valence-corrected chi connectivity index (χ0v) is 12.2. The largest absolute Gasteiger partial charge is 0.497 e. The molecule has 5 heteroatoms. The second-order valence-electron chi connectivity index (χ2n) is 5.36. The van der Waals surface area contributed by atoms with Crippen LogP contribution in [0.25, 0.3) is 0 Å². The molecule has 5 nitrogen and oxygen atoms in total. The number of rotatable bonds is 5. The normalized spacial score (nSPS) is 20.4. The van der Waals surface area contributed by atoms with Crippen LogP contribution in [0.5, 0.6) is 5.75 Å². The van der Waals surface area contributed by atoms with Crippen LogP contribution in [0.4, 0.5) is 5.69 Å². The second-order valence-corrected chi connectivity index (χ2v) is 5.36. The molecule has 0 bridgehead atoms. The Labute approximate surface area is 124 Å². The van der Waals surface area contributed by atoms with Crippen molar-refractivity contribution in [2.45, 2.75) is 38.1 Å². The van der Waals surface area contributed by atoms with Crippen molar-refractivity contribution in [2.24, 2.45) is 5.92 Å². The number of carboxylic acids is 1. The van der Waals surface area contributed by atoms with Gasteiger partial charge < -0.3 is 15.2 Å². The van der Waals surface area contributed by atoms with Gasteiger partial charge in [-0.2, -0.15) is 0 Å². The number of Topliss-reactive ketones (excluding diaryl/α,β-unsaturated/α-hetero) is 1. The Morgan fingerprint density at radius 1 is 1.29 bits per heavy atom. The number of carboxylic acid groups (broad SMARTS) is 1. The Morgan fingerprint density at radius 3 is 2.62 bits per heavy atom. The average Bonchev–Trinajstić information content (AvgIpc) is 2.70. The molecule has 1 aromatic carbocycles. The molecule has 0 amide bonds. The van der Waals surface area contributed by atoms with E-state index in [1.54, 1.807) is 31.4 Å². The molecule has 1 unspecified atom stereocenters. The first kappa shape index (κ1) is 15.4. The van der Waals surface area contributed by atoms with E-state index in [0.717, 1.165) is 19.3 Å². The van der Waals surface area contributed by atoms with E-state index in [-0.39, 0.29) is 5.78 Å². The molecule has 1 fully saturated rings. The minimum absolute atomic E-state index is 0.0564. The van der Waals surface area contributed by atoms with E-state index >= 15 is 0 Å². The number of nitrogens with one attached hydrogen (secondary N) is 1. The summed E-state index contributed by atoms with van der Waals surface area (Å²) in [4.78, 5) is 23.7. The number of anilines is 1. The van der Waals surface area contributed by atoms with Crippen molar-refractivity contribution in [2.75, 3.05) is 12.4 Å². The van der Waals surface area contributed by atoms with Gasteiger partial charge in [-0.15, -0.1) is 0 Å². The second kappa shape index (κ2) is 7.11. The molecule has 2 N–H and O–H groups in total. The van der Waals surface area contributed by atoms with Crippen LogP contribution in [0.3, 0.4) is 0 Å². The number of carbonyl (C=O) groups excluding carboxylic acids is 1. The van der Waals surface area contributed by atoms with Crippen LogP contribution in [0.15, 0.2) is 24.3 Å². The third-order valence-corrected chi connectivity index (χ3v) is 3.93. The van der Waals surface area contributed by atoms with Crippen LogP contribution >= 0.6 is 0 Å². The molecular formula is C16H21NO4. The van der Waals surface area contributed by atoms with Crippen LogP contribution in [-0.4, -0.2) is 30.0 Å². The van der Waals surface area contributed by atoms with Crippen LogP contribution in [0, 0.1) is 5.92 Å². The molecule has 1 saturated carbocycles. The molecule has 2 rings (SSSR count). The van der Waals surface area contributed by atoms with Crippen molar-refractivity contribution in [1.82, 2.24) is 0 Å². The summed E-state index contributed by atoms with van der Waals surface area (Å²) in [6.07, 6.45) is 3.89. The highest BCUT2D eigenvalue weighted by molar-refractivity contribution is 5.90. The van der Waals surface area contributed by atoms with Gasteiger partial charge in [0.15, 0.2) is 0 Å². The highest BCUT2D eigenvalue weighted by Crippen LogP contribution is 2.26. The molecule has 0 aromatic heterocycles. The SMILES string of the molecule is COc1ccc(NC(C(=O)O)[C@H]2CCCCCC2=O)cc1. The molecule has 0 radical (unpaired) electrons. The van der Waals surface area contributed by atoms with Crippen molar-refractivity contribution in [3.8, 4) is 5.75 Å². The smallest absolute Gasteiger partial charge is 0.326 e. The van der Waals surface area contributed by atoms with Crippen molar-refractivity contribution in [1.29, 1.82) is 0 Å². The van der Waals surface area contributed by atoms with Crippen molar-refractivity contribution >= 4 is 17.4 Å². The van der Waals surface area contributed by atoms with Crippen LogP contribution in [0.2, 0.25) is 0 Å². The fourth-order valence-electron chi connectivity index (χ4n) is 2.74. The lowest BCUT2D eigenvalue weighted by Gasteiger charge is -2.23. The molecule has 1 aliphatic rings. The third-order valence-electron chi connectivity index (χ3n) is 3.93. The van der Waals surface area contributed by atoms with E-state index < -0.39 is 17.9 Å². The number of hydrogen-bond donors (Lipinski definition) is 2. The number of carbonyl (C=O) groups is 2. The first-order chi connectivity index (χ1) is 10.1. The van der Waals surface area contributed by atoms with Gasteiger partial charge in [-0.1, -0.05) is 12.8 Å². The van der Waals surface area contributed by atoms with E-state index in [9.17, 15) is 14.7 Å². The minimum Gasteiger partial charge on any atom is -0.497 e. The molecule has 1 aromatic rings. The van der Waals surface area contributed by atoms with Gasteiger partial charge in [0, 0.05) is 18.0 Å². The van der Waals surface area contributed by atoms with Crippen LogP contribution < -0.4 is 10.1 Å². The number of benzene rings is 1. The van der Waals surface area contributed by atoms with Gasteiger partial charge in [-0.05, 0) is 37.1 Å². The third kappa shape index (κ3) is 3.97. The highest BCUT2D eigenvalue weighted by atomic mass is 16.5. The molecule has 1 aliphatic carbocycles. The lowest BCUT2D eigenvalue weighted by molar-refractivity contribution is -0.141. The van der Waals surface area contributed by atoms with E-state index in [1.807, 2.05) is 0 Å². The Kier molecular flexibility index (Phi) is 5.20. The first-order valence-corrected chi connectivity index (χ1v) is 7.28. The minimum atomic E-state index is -0.980. The Morgan fingerprint density at radius 2 is 2.00 bits per heavy atom. The van der Waals surface area contributed by atoms with Gasteiger partial charge in [0.1, 0.15) is 17.6 Å². The molecular weight excluding hydrogens is 270 g/mol. The maximum Gasteiger partial charge on any atom is 0.326 e. The molecule has 21 heavy (non-hydrogen) atoms. The molecule has 114 valence electrons. The summed E-state index contributed by atoms with van der Waals surface area (Å²) < 4.78 is 5.07. The van der Waals surface area contributed by atoms with Gasteiger partial charge in [0.2, 0.25) is 0 Å². The number of methoxy groups -OCH3 is 1. The van der Waals surface area contributed by atoms with Gasteiger partial charge in [-0.3, -0.25) is 4.79 Å². The summed E-state index contributed by atoms with van der Waals surface area (Å²) in [5, 5.41) is 12.4. The number of ketones is 1. The maximum absolute atomic E-state index is 12.1. The maximum atomic E-state index is 12.1. The lowest BCUT2D eigenvalue weighted by atomic mass is 9.90.